The molecule has 29 heavy (non-hydrogen) atoms. The highest BCUT2D eigenvalue weighted by Gasteiger charge is 2.14. The first kappa shape index (κ1) is 21.2. The molecule has 3 aromatic carbocycles. The molecule has 0 saturated carbocycles. The molecule has 0 fully saturated rings. The third kappa shape index (κ3) is 5.76. The molecule has 1 N–H and O–H groups in total. The van der Waals surface area contributed by atoms with E-state index in [0.717, 1.165) is 8.95 Å². The summed E-state index contributed by atoms with van der Waals surface area (Å²) in [5.74, 6) is -0.676. The molecule has 3 aromatic rings. The molecule has 0 bridgehead atoms. The molecule has 5 nitrogen and oxygen atoms in total. The van der Waals surface area contributed by atoms with E-state index in [2.05, 4.69) is 42.4 Å². The minimum absolute atomic E-state index is 0.253. The van der Waals surface area contributed by atoms with E-state index in [4.69, 9.17) is 16.3 Å². The zero-order valence-electron chi connectivity index (χ0n) is 14.7. The highest BCUT2D eigenvalue weighted by molar-refractivity contribution is 9.10. The van der Waals surface area contributed by atoms with Crippen molar-refractivity contribution < 1.29 is 14.3 Å². The molecule has 0 atom stereocenters. The van der Waals surface area contributed by atoms with Gasteiger partial charge in [-0.25, -0.2) is 10.2 Å². The van der Waals surface area contributed by atoms with Crippen molar-refractivity contribution in [2.75, 3.05) is 0 Å². The lowest BCUT2D eigenvalue weighted by Gasteiger charge is -2.09. The van der Waals surface area contributed by atoms with Crippen LogP contribution in [0.15, 0.2) is 80.8 Å². The lowest BCUT2D eigenvalue weighted by atomic mass is 10.2. The van der Waals surface area contributed by atoms with Crippen LogP contribution in [0.25, 0.3) is 0 Å². The summed E-state index contributed by atoms with van der Waals surface area (Å²) < 4.78 is 7.10. The van der Waals surface area contributed by atoms with Gasteiger partial charge in [0.2, 0.25) is 0 Å². The average molecular weight is 537 g/mol. The number of esters is 1. The van der Waals surface area contributed by atoms with Gasteiger partial charge in [-0.1, -0.05) is 55.6 Å². The fraction of sp³-hybridized carbons (Fsp3) is 0. The molecule has 0 aliphatic rings. The van der Waals surface area contributed by atoms with Gasteiger partial charge in [-0.3, -0.25) is 4.79 Å². The second kappa shape index (κ2) is 9.82. The first-order chi connectivity index (χ1) is 13.9. The van der Waals surface area contributed by atoms with E-state index in [1.54, 1.807) is 66.7 Å². The average Bonchev–Trinajstić information content (AvgIpc) is 2.70. The summed E-state index contributed by atoms with van der Waals surface area (Å²) in [6.45, 7) is 0. The molecule has 146 valence electrons. The molecule has 0 radical (unpaired) electrons. The van der Waals surface area contributed by atoms with Gasteiger partial charge in [0, 0.05) is 20.1 Å². The summed E-state index contributed by atoms with van der Waals surface area (Å²) in [4.78, 5) is 24.6. The largest absolute Gasteiger partial charge is 0.422 e. The molecule has 0 aliphatic heterocycles. The molecule has 0 spiro atoms. The molecule has 1 amide bonds. The Morgan fingerprint density at radius 2 is 1.66 bits per heavy atom. The molecule has 0 saturated heterocycles. The van der Waals surface area contributed by atoms with Gasteiger partial charge in [0.25, 0.3) is 5.91 Å². The standard InChI is InChI=1S/C21H13Br2ClN2O3/c22-15-7-5-13(6-8-15)20(27)26-25-12-14-11-16(23)9-10-19(14)29-21(28)17-3-1-2-4-18(17)24/h1-12H,(H,26,27)/b25-12+. The minimum Gasteiger partial charge on any atom is -0.422 e. The van der Waals surface area contributed by atoms with Crippen LogP contribution in [0.2, 0.25) is 5.02 Å². The maximum atomic E-state index is 12.4. The number of nitrogens with one attached hydrogen (secondary N) is 1. The van der Waals surface area contributed by atoms with E-state index in [0.29, 0.717) is 16.1 Å². The van der Waals surface area contributed by atoms with Gasteiger partial charge in [-0.2, -0.15) is 5.10 Å². The van der Waals surface area contributed by atoms with Gasteiger partial charge in [0.05, 0.1) is 16.8 Å². The van der Waals surface area contributed by atoms with Crippen LogP contribution in [-0.4, -0.2) is 18.1 Å². The van der Waals surface area contributed by atoms with Gasteiger partial charge >= 0.3 is 5.97 Å². The van der Waals surface area contributed by atoms with Gasteiger partial charge in [-0.05, 0) is 54.6 Å². The van der Waals surface area contributed by atoms with E-state index < -0.39 is 5.97 Å². The summed E-state index contributed by atoms with van der Waals surface area (Å²) in [5.41, 5.74) is 3.66. The fourth-order valence-corrected chi connectivity index (χ4v) is 3.18. The van der Waals surface area contributed by atoms with Crippen LogP contribution in [0.1, 0.15) is 26.3 Å². The van der Waals surface area contributed by atoms with Gasteiger partial charge < -0.3 is 4.74 Å². The van der Waals surface area contributed by atoms with Crippen molar-refractivity contribution in [1.82, 2.24) is 5.43 Å². The Morgan fingerprint density at radius 1 is 0.966 bits per heavy atom. The van der Waals surface area contributed by atoms with Gasteiger partial charge in [0.1, 0.15) is 5.75 Å². The smallest absolute Gasteiger partial charge is 0.345 e. The third-order valence-electron chi connectivity index (χ3n) is 3.74. The Bertz CT molecular complexity index is 1090. The predicted octanol–water partition coefficient (Wildman–Crippen LogP) is 5.85. The summed E-state index contributed by atoms with van der Waals surface area (Å²) in [5, 5.41) is 4.26. The Kier molecular flexibility index (Phi) is 7.19. The Hall–Kier alpha value is -2.48. The predicted molar refractivity (Wildman–Crippen MR) is 120 cm³/mol. The number of halogens is 3. The van der Waals surface area contributed by atoms with E-state index in [-0.39, 0.29) is 17.2 Å². The molecule has 8 heteroatoms. The number of nitrogens with zero attached hydrogens (tertiary/aromatic N) is 1. The normalized spacial score (nSPS) is 10.7. The number of hydrogen-bond donors (Lipinski definition) is 1. The number of ether oxygens (including phenoxy) is 1. The lowest BCUT2D eigenvalue weighted by Crippen LogP contribution is -2.17. The number of rotatable bonds is 5. The van der Waals surface area contributed by atoms with Crippen molar-refractivity contribution >= 4 is 61.6 Å². The number of amides is 1. The highest BCUT2D eigenvalue weighted by atomic mass is 79.9. The number of carbonyl (C=O) groups excluding carboxylic acids is 2. The lowest BCUT2D eigenvalue weighted by molar-refractivity contribution is 0.0734. The first-order valence-corrected chi connectivity index (χ1v) is 10.3. The van der Waals surface area contributed by atoms with Crippen molar-refractivity contribution in [2.24, 2.45) is 5.10 Å². The van der Waals surface area contributed by atoms with E-state index in [1.807, 2.05) is 0 Å². The Labute approximate surface area is 189 Å². The van der Waals surface area contributed by atoms with Crippen LogP contribution >= 0.6 is 43.5 Å². The second-order valence-corrected chi connectivity index (χ2v) is 8.00. The maximum Gasteiger partial charge on any atom is 0.345 e. The van der Waals surface area contributed by atoms with Gasteiger partial charge in [-0.15, -0.1) is 0 Å². The van der Waals surface area contributed by atoms with E-state index >= 15 is 0 Å². The molecule has 0 unspecified atom stereocenters. The molecule has 3 rings (SSSR count). The van der Waals surface area contributed by atoms with Crippen LogP contribution in [0.4, 0.5) is 0 Å². The van der Waals surface area contributed by atoms with E-state index in [1.165, 1.54) is 6.21 Å². The van der Waals surface area contributed by atoms with Crippen molar-refractivity contribution in [3.8, 4) is 5.75 Å². The van der Waals surface area contributed by atoms with Crippen molar-refractivity contribution in [1.29, 1.82) is 0 Å². The van der Waals surface area contributed by atoms with Crippen LogP contribution in [-0.2, 0) is 0 Å². The quantitative estimate of drug-likeness (QED) is 0.193. The number of carbonyl (C=O) groups is 2. The molecular weight excluding hydrogens is 524 g/mol. The number of hydrazone groups is 1. The van der Waals surface area contributed by atoms with Crippen molar-refractivity contribution in [3.63, 3.8) is 0 Å². The fourth-order valence-electron chi connectivity index (χ4n) is 2.32. The summed E-state index contributed by atoms with van der Waals surface area (Å²) in [6, 6.07) is 18.5. The minimum atomic E-state index is -0.591. The zero-order chi connectivity index (χ0) is 20.8. The topological polar surface area (TPSA) is 67.8 Å². The van der Waals surface area contributed by atoms with Crippen LogP contribution in [0, 0.1) is 0 Å². The molecule has 0 heterocycles. The summed E-state index contributed by atoms with van der Waals surface area (Å²) in [7, 11) is 0. The Morgan fingerprint density at radius 3 is 2.38 bits per heavy atom. The van der Waals surface area contributed by atoms with Crippen LogP contribution in [0.5, 0.6) is 5.75 Å². The van der Waals surface area contributed by atoms with Crippen molar-refractivity contribution in [2.45, 2.75) is 0 Å². The Balaban J connectivity index is 1.75. The molecular formula is C21H13Br2ClN2O3. The van der Waals surface area contributed by atoms with Crippen molar-refractivity contribution in [3.05, 3.63) is 97.4 Å². The molecule has 0 aliphatic carbocycles. The third-order valence-corrected chi connectivity index (χ3v) is 5.10. The maximum absolute atomic E-state index is 12.4. The number of hydrogen-bond acceptors (Lipinski definition) is 4. The van der Waals surface area contributed by atoms with Crippen LogP contribution in [0.3, 0.4) is 0 Å². The number of benzene rings is 3. The van der Waals surface area contributed by atoms with Crippen LogP contribution < -0.4 is 10.2 Å². The van der Waals surface area contributed by atoms with Gasteiger partial charge in [0.15, 0.2) is 0 Å². The zero-order valence-corrected chi connectivity index (χ0v) is 18.7. The molecule has 0 aromatic heterocycles. The van der Waals surface area contributed by atoms with E-state index in [9.17, 15) is 9.59 Å². The first-order valence-electron chi connectivity index (χ1n) is 8.29. The monoisotopic (exact) mass is 534 g/mol. The highest BCUT2D eigenvalue weighted by Crippen LogP contribution is 2.24. The summed E-state index contributed by atoms with van der Waals surface area (Å²) in [6.07, 6.45) is 1.40. The summed E-state index contributed by atoms with van der Waals surface area (Å²) >= 11 is 12.7. The SMILES string of the molecule is O=C(N/N=C/c1cc(Br)ccc1OC(=O)c1ccccc1Cl)c1ccc(Br)cc1. The second-order valence-electron chi connectivity index (χ2n) is 5.76.